The zero-order valence-electron chi connectivity index (χ0n) is 19.7. The first-order chi connectivity index (χ1) is 17.5. The summed E-state index contributed by atoms with van der Waals surface area (Å²) in [5, 5.41) is 0.589. The molecule has 7 rings (SSSR count). The second-order valence-electron chi connectivity index (χ2n) is 9.65. The molecule has 36 heavy (non-hydrogen) atoms. The fourth-order valence-corrected chi connectivity index (χ4v) is 6.13. The number of quaternary nitrogens is 1. The van der Waals surface area contributed by atoms with Gasteiger partial charge in [-0.3, -0.25) is 0 Å². The number of rotatable bonds is 3. The predicted octanol–water partition coefficient (Wildman–Crippen LogP) is 6.44. The van der Waals surface area contributed by atoms with Crippen LogP contribution in [0.2, 0.25) is 5.02 Å². The van der Waals surface area contributed by atoms with Crippen LogP contribution in [0.4, 0.5) is 11.4 Å². The summed E-state index contributed by atoms with van der Waals surface area (Å²) < 4.78 is 17.5. The van der Waals surface area contributed by atoms with E-state index in [4.69, 9.17) is 25.8 Å². The van der Waals surface area contributed by atoms with Gasteiger partial charge in [0.25, 0.3) is 0 Å². The maximum Gasteiger partial charge on any atom is 0.343 e. The third kappa shape index (κ3) is 2.78. The number of halogens is 1. The molecule has 0 aromatic heterocycles. The van der Waals surface area contributed by atoms with Crippen LogP contribution in [0.1, 0.15) is 22.3 Å². The topological polar surface area (TPSA) is 44.8 Å². The highest BCUT2D eigenvalue weighted by Gasteiger charge is 2.67. The van der Waals surface area contributed by atoms with Crippen LogP contribution in [0.5, 0.6) is 17.2 Å². The fourth-order valence-electron chi connectivity index (χ4n) is 5.94. The molecular weight excluding hydrogens is 474 g/mol. The van der Waals surface area contributed by atoms with Gasteiger partial charge < -0.3 is 14.2 Å². The average Bonchev–Trinajstić information content (AvgIpc) is 3.56. The Labute approximate surface area is 214 Å². The summed E-state index contributed by atoms with van der Waals surface area (Å²) in [6, 6.07) is 27.9. The molecule has 0 radical (unpaired) electrons. The van der Waals surface area contributed by atoms with Crippen molar-refractivity contribution < 1.29 is 19.0 Å². The van der Waals surface area contributed by atoms with Crippen molar-refractivity contribution in [1.82, 2.24) is 4.48 Å². The highest BCUT2D eigenvalue weighted by Crippen LogP contribution is 2.60. The van der Waals surface area contributed by atoms with Crippen LogP contribution in [-0.2, 0) is 16.8 Å². The first-order valence-corrected chi connectivity index (χ1v) is 12.3. The van der Waals surface area contributed by atoms with Gasteiger partial charge in [0.1, 0.15) is 24.6 Å². The van der Waals surface area contributed by atoms with Crippen molar-refractivity contribution >= 4 is 28.9 Å². The second kappa shape index (κ2) is 7.60. The number of para-hydroxylation sites is 1. The van der Waals surface area contributed by atoms with Gasteiger partial charge in [-0.15, -0.1) is 0 Å². The first kappa shape index (κ1) is 21.5. The maximum atomic E-state index is 15.1. The maximum absolute atomic E-state index is 15.1. The highest BCUT2D eigenvalue weighted by atomic mass is 35.5. The molecule has 4 aromatic rings. The predicted molar refractivity (Wildman–Crippen MR) is 138 cm³/mol. The van der Waals surface area contributed by atoms with Crippen LogP contribution in [0.3, 0.4) is 0 Å². The molecule has 6 heteroatoms. The Morgan fingerprint density at radius 2 is 1.61 bits per heavy atom. The Balaban J connectivity index is 1.51. The third-order valence-corrected chi connectivity index (χ3v) is 7.89. The Kier molecular flexibility index (Phi) is 4.53. The lowest BCUT2D eigenvalue weighted by Gasteiger charge is -2.33. The van der Waals surface area contributed by atoms with Crippen molar-refractivity contribution in [2.45, 2.75) is 18.9 Å². The molecule has 3 heterocycles. The lowest BCUT2D eigenvalue weighted by molar-refractivity contribution is -0.131. The molecular formula is C30H23ClNO4+. The van der Waals surface area contributed by atoms with Crippen molar-refractivity contribution in [3.63, 3.8) is 0 Å². The van der Waals surface area contributed by atoms with Crippen molar-refractivity contribution in [3.05, 3.63) is 112 Å². The van der Waals surface area contributed by atoms with Crippen LogP contribution in [-0.4, -0.2) is 19.3 Å². The Morgan fingerprint density at radius 1 is 0.833 bits per heavy atom. The third-order valence-electron chi connectivity index (χ3n) is 7.65. The summed E-state index contributed by atoms with van der Waals surface area (Å²) in [6.07, 6.45) is 0. The van der Waals surface area contributed by atoms with Crippen LogP contribution in [0, 0.1) is 6.92 Å². The average molecular weight is 497 g/mol. The second-order valence-corrected chi connectivity index (χ2v) is 10.1. The number of fused-ring (bicyclic) bond motifs is 5. The molecule has 3 aliphatic heterocycles. The van der Waals surface area contributed by atoms with Gasteiger partial charge in [-0.1, -0.05) is 65.7 Å². The Morgan fingerprint density at radius 3 is 2.42 bits per heavy atom. The Hall–Kier alpha value is -3.80. The molecule has 1 amide bonds. The van der Waals surface area contributed by atoms with Gasteiger partial charge in [0, 0.05) is 46.0 Å². The number of hydrogen-bond donors (Lipinski definition) is 0. The molecule has 0 saturated carbocycles. The van der Waals surface area contributed by atoms with Crippen LogP contribution in [0.25, 0.3) is 0 Å². The van der Waals surface area contributed by atoms with Crippen LogP contribution < -0.4 is 18.7 Å². The number of benzene rings is 4. The molecule has 5 nitrogen and oxygen atoms in total. The summed E-state index contributed by atoms with van der Waals surface area (Å²) in [6.45, 7) is 2.90. The number of ether oxygens (including phenoxy) is 3. The van der Waals surface area contributed by atoms with Gasteiger partial charge in [0.2, 0.25) is 6.79 Å². The largest absolute Gasteiger partial charge is 0.491 e. The van der Waals surface area contributed by atoms with Crippen LogP contribution in [0.15, 0.2) is 84.9 Å². The molecule has 0 bridgehead atoms. The number of carbonyl (C=O) groups excluding carboxylic acids is 1. The molecule has 0 saturated heterocycles. The fraction of sp³-hybridized carbons (Fsp3) is 0.167. The van der Waals surface area contributed by atoms with Gasteiger partial charge in [-0.05, 0) is 19.1 Å². The van der Waals surface area contributed by atoms with E-state index in [1.54, 1.807) is 0 Å². The van der Waals surface area contributed by atoms with E-state index in [0.717, 1.165) is 28.1 Å². The molecule has 178 valence electrons. The normalized spacial score (nSPS) is 23.0. The summed E-state index contributed by atoms with van der Waals surface area (Å²) >= 11 is 6.50. The van der Waals surface area contributed by atoms with E-state index in [2.05, 4.69) is 43.3 Å². The zero-order valence-corrected chi connectivity index (χ0v) is 20.4. The lowest BCUT2D eigenvalue weighted by Crippen LogP contribution is -2.53. The highest BCUT2D eigenvalue weighted by molar-refractivity contribution is 6.31. The number of carbonyl (C=O) groups is 1. The minimum Gasteiger partial charge on any atom is -0.491 e. The van der Waals surface area contributed by atoms with Crippen molar-refractivity contribution in [2.75, 3.05) is 13.4 Å². The Bertz CT molecular complexity index is 1550. The number of amides is 1. The number of nitrogens with zero attached hydrogens (tertiary/aromatic N) is 1. The van der Waals surface area contributed by atoms with E-state index in [-0.39, 0.29) is 23.8 Å². The number of hydrogen-bond acceptors (Lipinski definition) is 4. The minimum absolute atomic E-state index is 0.0109. The smallest absolute Gasteiger partial charge is 0.343 e. The SMILES string of the molecule is Cc1ccc(C[N+]2(c3cccc(Cl)c3)C(=O)C3(COc4cc5c(cc43)OCO5)c3ccccc32)cc1. The zero-order chi connectivity index (χ0) is 24.5. The van der Waals surface area contributed by atoms with Gasteiger partial charge in [-0.2, -0.15) is 4.48 Å². The van der Waals surface area contributed by atoms with Gasteiger partial charge in [0.15, 0.2) is 22.6 Å². The molecule has 2 unspecified atom stereocenters. The van der Waals surface area contributed by atoms with E-state index >= 15 is 4.79 Å². The summed E-state index contributed by atoms with van der Waals surface area (Å²) in [4.78, 5) is 15.1. The molecule has 3 aliphatic rings. The standard InChI is InChI=1S/C30H23ClNO4/c1-19-9-11-20(12-10-19)16-32(22-6-4-5-21(31)13-22)25-8-3-2-7-23(25)30(29(32)33)17-34-26-15-28-27(14-24(26)30)35-18-36-28/h2-15H,16-18H2,1H3/q+1. The number of aryl methyl sites for hydroxylation is 1. The van der Waals surface area contributed by atoms with E-state index in [1.165, 1.54) is 5.56 Å². The minimum atomic E-state index is -0.986. The molecule has 4 aromatic carbocycles. The monoisotopic (exact) mass is 496 g/mol. The van der Waals surface area contributed by atoms with Crippen molar-refractivity contribution in [1.29, 1.82) is 0 Å². The van der Waals surface area contributed by atoms with E-state index < -0.39 is 5.41 Å². The van der Waals surface area contributed by atoms with Crippen molar-refractivity contribution in [3.8, 4) is 17.2 Å². The van der Waals surface area contributed by atoms with E-state index in [0.29, 0.717) is 28.8 Å². The molecule has 0 aliphatic carbocycles. The van der Waals surface area contributed by atoms with Crippen molar-refractivity contribution in [2.24, 2.45) is 0 Å². The van der Waals surface area contributed by atoms with E-state index in [9.17, 15) is 0 Å². The van der Waals surface area contributed by atoms with Gasteiger partial charge in [0.05, 0.1) is 0 Å². The van der Waals surface area contributed by atoms with Gasteiger partial charge in [-0.25, -0.2) is 4.79 Å². The quantitative estimate of drug-likeness (QED) is 0.306. The summed E-state index contributed by atoms with van der Waals surface area (Å²) in [7, 11) is 0. The molecule has 0 fully saturated rings. The lowest BCUT2D eigenvalue weighted by atomic mass is 9.77. The molecule has 0 N–H and O–H groups in total. The van der Waals surface area contributed by atoms with E-state index in [1.807, 2.05) is 48.5 Å². The molecule has 2 atom stereocenters. The van der Waals surface area contributed by atoms with Gasteiger partial charge >= 0.3 is 5.91 Å². The summed E-state index contributed by atoms with van der Waals surface area (Å²) in [5.74, 6) is 1.96. The summed E-state index contributed by atoms with van der Waals surface area (Å²) in [5.41, 5.74) is 4.76. The first-order valence-electron chi connectivity index (χ1n) is 11.9. The molecule has 1 spiro atoms. The van der Waals surface area contributed by atoms with Crippen LogP contribution >= 0.6 is 11.6 Å².